The topological polar surface area (TPSA) is 61.4 Å². The SMILES string of the molecule is O=C(Nc1cccc(CN2CCCC2)c1)C1CCCN(c2cnccn2)C1. The lowest BCUT2D eigenvalue weighted by molar-refractivity contribution is -0.120. The van der Waals surface area contributed by atoms with E-state index in [1.165, 1.54) is 31.5 Å². The van der Waals surface area contributed by atoms with E-state index in [0.717, 1.165) is 37.4 Å². The smallest absolute Gasteiger partial charge is 0.229 e. The van der Waals surface area contributed by atoms with Gasteiger partial charge in [0.2, 0.25) is 5.91 Å². The van der Waals surface area contributed by atoms with Crippen molar-refractivity contribution in [3.05, 3.63) is 48.4 Å². The van der Waals surface area contributed by atoms with Crippen LogP contribution in [0.25, 0.3) is 0 Å². The predicted molar refractivity (Wildman–Crippen MR) is 107 cm³/mol. The Labute approximate surface area is 160 Å². The van der Waals surface area contributed by atoms with E-state index >= 15 is 0 Å². The first-order chi connectivity index (χ1) is 13.3. The van der Waals surface area contributed by atoms with Gasteiger partial charge in [-0.15, -0.1) is 0 Å². The third-order valence-corrected chi connectivity index (χ3v) is 5.47. The summed E-state index contributed by atoms with van der Waals surface area (Å²) in [5.41, 5.74) is 2.16. The molecule has 0 bridgehead atoms. The van der Waals surface area contributed by atoms with E-state index in [4.69, 9.17) is 0 Å². The zero-order valence-corrected chi connectivity index (χ0v) is 15.7. The third kappa shape index (κ3) is 4.63. The first-order valence-corrected chi connectivity index (χ1v) is 9.91. The zero-order valence-electron chi connectivity index (χ0n) is 15.7. The maximum Gasteiger partial charge on any atom is 0.229 e. The largest absolute Gasteiger partial charge is 0.355 e. The van der Waals surface area contributed by atoms with E-state index in [9.17, 15) is 4.79 Å². The van der Waals surface area contributed by atoms with Crippen LogP contribution in [0.2, 0.25) is 0 Å². The molecule has 0 saturated carbocycles. The number of amides is 1. The molecule has 142 valence electrons. The molecule has 0 radical (unpaired) electrons. The van der Waals surface area contributed by atoms with Gasteiger partial charge in [-0.2, -0.15) is 0 Å². The van der Waals surface area contributed by atoms with Crippen LogP contribution < -0.4 is 10.2 Å². The van der Waals surface area contributed by atoms with E-state index in [1.807, 2.05) is 12.1 Å². The Morgan fingerprint density at radius 1 is 1.15 bits per heavy atom. The summed E-state index contributed by atoms with van der Waals surface area (Å²) in [4.78, 5) is 26.0. The number of carbonyl (C=O) groups excluding carboxylic acids is 1. The predicted octanol–water partition coefficient (Wildman–Crippen LogP) is 2.93. The highest BCUT2D eigenvalue weighted by molar-refractivity contribution is 5.93. The summed E-state index contributed by atoms with van der Waals surface area (Å²) in [6.45, 7) is 4.94. The highest BCUT2D eigenvalue weighted by Crippen LogP contribution is 2.23. The summed E-state index contributed by atoms with van der Waals surface area (Å²) in [6.07, 6.45) is 9.63. The van der Waals surface area contributed by atoms with Gasteiger partial charge in [0, 0.05) is 37.7 Å². The fourth-order valence-electron chi connectivity index (χ4n) is 4.04. The molecule has 2 saturated heterocycles. The van der Waals surface area contributed by atoms with Crippen molar-refractivity contribution >= 4 is 17.4 Å². The van der Waals surface area contributed by atoms with E-state index < -0.39 is 0 Å². The fraction of sp³-hybridized carbons (Fsp3) is 0.476. The van der Waals surface area contributed by atoms with Crippen LogP contribution in [0.4, 0.5) is 11.5 Å². The van der Waals surface area contributed by atoms with Crippen molar-refractivity contribution in [1.29, 1.82) is 0 Å². The van der Waals surface area contributed by atoms with Gasteiger partial charge in [-0.05, 0) is 56.5 Å². The van der Waals surface area contributed by atoms with Crippen molar-refractivity contribution in [2.24, 2.45) is 5.92 Å². The number of carbonyl (C=O) groups is 1. The number of nitrogens with one attached hydrogen (secondary N) is 1. The summed E-state index contributed by atoms with van der Waals surface area (Å²) in [5.74, 6) is 0.924. The number of likely N-dealkylation sites (tertiary alicyclic amines) is 1. The molecular weight excluding hydrogens is 338 g/mol. The van der Waals surface area contributed by atoms with E-state index in [0.29, 0.717) is 6.54 Å². The van der Waals surface area contributed by atoms with Crippen LogP contribution in [0, 0.1) is 5.92 Å². The summed E-state index contributed by atoms with van der Waals surface area (Å²) < 4.78 is 0. The Balaban J connectivity index is 1.37. The van der Waals surface area contributed by atoms with Gasteiger partial charge in [-0.3, -0.25) is 14.7 Å². The van der Waals surface area contributed by atoms with Gasteiger partial charge in [0.15, 0.2) is 0 Å². The molecule has 0 aliphatic carbocycles. The summed E-state index contributed by atoms with van der Waals surface area (Å²) in [5, 5.41) is 3.13. The third-order valence-electron chi connectivity index (χ3n) is 5.47. The van der Waals surface area contributed by atoms with Gasteiger partial charge >= 0.3 is 0 Å². The maximum absolute atomic E-state index is 12.8. The van der Waals surface area contributed by atoms with Crippen LogP contribution >= 0.6 is 0 Å². The molecular formula is C21H27N5O. The molecule has 3 heterocycles. The molecule has 6 heteroatoms. The molecule has 2 fully saturated rings. The number of aromatic nitrogens is 2. The normalized spacial score (nSPS) is 20.6. The number of nitrogens with zero attached hydrogens (tertiary/aromatic N) is 4. The van der Waals surface area contributed by atoms with E-state index in [-0.39, 0.29) is 11.8 Å². The zero-order chi connectivity index (χ0) is 18.5. The summed E-state index contributed by atoms with van der Waals surface area (Å²) >= 11 is 0. The van der Waals surface area contributed by atoms with Gasteiger partial charge in [-0.1, -0.05) is 12.1 Å². The molecule has 2 aromatic rings. The second-order valence-electron chi connectivity index (χ2n) is 7.52. The van der Waals surface area contributed by atoms with Gasteiger partial charge in [0.25, 0.3) is 0 Å². The van der Waals surface area contributed by atoms with E-state index in [1.54, 1.807) is 18.6 Å². The number of piperidine rings is 1. The Morgan fingerprint density at radius 2 is 2.04 bits per heavy atom. The van der Waals surface area contributed by atoms with Crippen LogP contribution in [0.5, 0.6) is 0 Å². The molecule has 27 heavy (non-hydrogen) atoms. The second kappa shape index (κ2) is 8.48. The maximum atomic E-state index is 12.8. The van der Waals surface area contributed by atoms with Crippen molar-refractivity contribution < 1.29 is 4.79 Å². The Morgan fingerprint density at radius 3 is 2.85 bits per heavy atom. The number of rotatable bonds is 5. The lowest BCUT2D eigenvalue weighted by Crippen LogP contribution is -2.41. The number of benzene rings is 1. The lowest BCUT2D eigenvalue weighted by Gasteiger charge is -2.32. The molecule has 1 aromatic carbocycles. The molecule has 1 N–H and O–H groups in total. The molecule has 0 spiro atoms. The van der Waals surface area contributed by atoms with Crippen molar-refractivity contribution in [2.45, 2.75) is 32.2 Å². The second-order valence-corrected chi connectivity index (χ2v) is 7.52. The molecule has 2 aliphatic heterocycles. The van der Waals surface area contributed by atoms with Crippen molar-refractivity contribution in [2.75, 3.05) is 36.4 Å². The summed E-state index contributed by atoms with van der Waals surface area (Å²) in [7, 11) is 0. The van der Waals surface area contributed by atoms with E-state index in [2.05, 4.69) is 37.2 Å². The summed E-state index contributed by atoms with van der Waals surface area (Å²) in [6, 6.07) is 8.27. The van der Waals surface area contributed by atoms with Gasteiger partial charge in [0.05, 0.1) is 12.1 Å². The van der Waals surface area contributed by atoms with Gasteiger partial charge < -0.3 is 10.2 Å². The molecule has 1 aromatic heterocycles. The Kier molecular flexibility index (Phi) is 5.63. The average Bonchev–Trinajstić information content (AvgIpc) is 3.22. The minimum absolute atomic E-state index is 0.0250. The monoisotopic (exact) mass is 365 g/mol. The Hall–Kier alpha value is -2.47. The number of hydrogen-bond donors (Lipinski definition) is 1. The van der Waals surface area contributed by atoms with Crippen LogP contribution in [0.3, 0.4) is 0 Å². The van der Waals surface area contributed by atoms with Crippen molar-refractivity contribution in [1.82, 2.24) is 14.9 Å². The fourth-order valence-corrected chi connectivity index (χ4v) is 4.04. The molecule has 6 nitrogen and oxygen atoms in total. The minimum atomic E-state index is -0.0250. The van der Waals surface area contributed by atoms with Crippen LogP contribution in [-0.2, 0) is 11.3 Å². The highest BCUT2D eigenvalue weighted by Gasteiger charge is 2.26. The van der Waals surface area contributed by atoms with Crippen LogP contribution in [0.1, 0.15) is 31.2 Å². The minimum Gasteiger partial charge on any atom is -0.355 e. The quantitative estimate of drug-likeness (QED) is 0.883. The highest BCUT2D eigenvalue weighted by atomic mass is 16.1. The average molecular weight is 365 g/mol. The Bertz CT molecular complexity index is 760. The van der Waals surface area contributed by atoms with Crippen molar-refractivity contribution in [3.8, 4) is 0 Å². The van der Waals surface area contributed by atoms with Gasteiger partial charge in [0.1, 0.15) is 5.82 Å². The molecule has 1 unspecified atom stereocenters. The van der Waals surface area contributed by atoms with Crippen LogP contribution in [-0.4, -0.2) is 47.0 Å². The lowest BCUT2D eigenvalue weighted by atomic mass is 9.97. The molecule has 1 amide bonds. The standard InChI is InChI=1S/C21H27N5O/c27-21(18-6-4-12-26(16-18)20-14-22-8-9-23-20)24-19-7-3-5-17(13-19)15-25-10-1-2-11-25/h3,5,7-9,13-14,18H,1-2,4,6,10-12,15-16H2,(H,24,27). The van der Waals surface area contributed by atoms with Crippen LogP contribution in [0.15, 0.2) is 42.9 Å². The first-order valence-electron chi connectivity index (χ1n) is 9.91. The molecule has 2 aliphatic rings. The molecule has 1 atom stereocenters. The first kappa shape index (κ1) is 17.9. The van der Waals surface area contributed by atoms with Gasteiger partial charge in [-0.25, -0.2) is 4.98 Å². The number of anilines is 2. The van der Waals surface area contributed by atoms with Crippen molar-refractivity contribution in [3.63, 3.8) is 0 Å². The molecule has 4 rings (SSSR count). The number of hydrogen-bond acceptors (Lipinski definition) is 5.